The molecule has 2 aromatic rings. The van der Waals surface area contributed by atoms with Crippen LogP contribution in [0.1, 0.15) is 29.9 Å². The highest BCUT2D eigenvalue weighted by molar-refractivity contribution is 7.89. The van der Waals surface area contributed by atoms with E-state index in [4.69, 9.17) is 11.6 Å². The van der Waals surface area contributed by atoms with Crippen LogP contribution in [0.4, 0.5) is 0 Å². The van der Waals surface area contributed by atoms with Crippen LogP contribution in [-0.4, -0.2) is 25.8 Å². The molecule has 0 radical (unpaired) electrons. The van der Waals surface area contributed by atoms with Crippen LogP contribution in [0.25, 0.3) is 0 Å². The number of nitrogens with zero attached hydrogens (tertiary/aromatic N) is 1. The predicted octanol–water partition coefficient (Wildman–Crippen LogP) is 4.22. The molecule has 0 aromatic heterocycles. The van der Waals surface area contributed by atoms with Gasteiger partial charge < -0.3 is 0 Å². The fourth-order valence-corrected chi connectivity index (χ4v) is 5.21. The summed E-state index contributed by atoms with van der Waals surface area (Å²) in [5, 5.41) is 0.286. The summed E-state index contributed by atoms with van der Waals surface area (Å²) >= 11 is 6.07. The van der Waals surface area contributed by atoms with Gasteiger partial charge >= 0.3 is 0 Å². The molecule has 0 aliphatic carbocycles. The third kappa shape index (κ3) is 3.30. The van der Waals surface area contributed by atoms with Gasteiger partial charge in [0.15, 0.2) is 0 Å². The largest absolute Gasteiger partial charge is 0.244 e. The molecular weight excluding hydrogens is 330 g/mol. The monoisotopic (exact) mass is 349 g/mol. The van der Waals surface area contributed by atoms with Crippen molar-refractivity contribution in [1.29, 1.82) is 0 Å². The maximum atomic E-state index is 12.8. The summed E-state index contributed by atoms with van der Waals surface area (Å²) in [5.41, 5.74) is 2.61. The van der Waals surface area contributed by atoms with Crippen LogP contribution < -0.4 is 0 Å². The third-order valence-electron chi connectivity index (χ3n) is 4.54. The molecule has 23 heavy (non-hydrogen) atoms. The first-order valence-electron chi connectivity index (χ1n) is 7.80. The van der Waals surface area contributed by atoms with Crippen molar-refractivity contribution in [2.24, 2.45) is 0 Å². The Kier molecular flexibility index (Phi) is 4.76. The van der Waals surface area contributed by atoms with Crippen molar-refractivity contribution < 1.29 is 8.42 Å². The molecule has 0 spiro atoms. The van der Waals surface area contributed by atoms with Gasteiger partial charge in [0.25, 0.3) is 0 Å². The van der Waals surface area contributed by atoms with Gasteiger partial charge in [0.2, 0.25) is 10.0 Å². The Balaban J connectivity index is 1.77. The summed E-state index contributed by atoms with van der Waals surface area (Å²) in [7, 11) is -3.51. The van der Waals surface area contributed by atoms with E-state index in [0.717, 1.165) is 12.8 Å². The summed E-state index contributed by atoms with van der Waals surface area (Å²) in [6, 6.07) is 15.0. The van der Waals surface area contributed by atoms with Crippen molar-refractivity contribution >= 4 is 21.6 Å². The molecule has 1 aliphatic rings. The van der Waals surface area contributed by atoms with Gasteiger partial charge in [-0.15, -0.1) is 0 Å². The summed E-state index contributed by atoms with van der Waals surface area (Å²) in [6.07, 6.45) is 1.68. The molecule has 0 N–H and O–H groups in total. The van der Waals surface area contributed by atoms with Gasteiger partial charge in [-0.05, 0) is 48.9 Å². The molecule has 5 heteroatoms. The van der Waals surface area contributed by atoms with Gasteiger partial charge in [0, 0.05) is 13.1 Å². The van der Waals surface area contributed by atoms with Gasteiger partial charge in [-0.25, -0.2) is 8.42 Å². The average molecular weight is 350 g/mol. The van der Waals surface area contributed by atoms with Crippen LogP contribution in [0.3, 0.4) is 0 Å². The first-order chi connectivity index (χ1) is 11.0. The number of piperidine rings is 1. The molecule has 0 saturated carbocycles. The van der Waals surface area contributed by atoms with Gasteiger partial charge in [0.1, 0.15) is 4.90 Å². The highest BCUT2D eigenvalue weighted by Crippen LogP contribution is 2.33. The zero-order valence-electron chi connectivity index (χ0n) is 13.1. The third-order valence-corrected chi connectivity index (χ3v) is 6.94. The van der Waals surface area contributed by atoms with Crippen LogP contribution in [-0.2, 0) is 10.0 Å². The predicted molar refractivity (Wildman–Crippen MR) is 93.4 cm³/mol. The molecule has 0 bridgehead atoms. The standard InChI is InChI=1S/C18H20ClNO2S/c1-14-6-2-3-7-16(14)15-10-12-20(13-11-15)23(21,22)18-9-5-4-8-17(18)19/h2-9,15H,10-13H2,1H3. The van der Waals surface area contributed by atoms with Crippen LogP contribution in [0.15, 0.2) is 53.4 Å². The fraction of sp³-hybridized carbons (Fsp3) is 0.333. The summed E-state index contributed by atoms with van der Waals surface area (Å²) < 4.78 is 27.1. The molecule has 0 unspecified atom stereocenters. The SMILES string of the molecule is Cc1ccccc1C1CCN(S(=O)(=O)c2ccccc2Cl)CC1. The summed E-state index contributed by atoms with van der Waals surface area (Å²) in [6.45, 7) is 3.18. The molecule has 1 heterocycles. The lowest BCUT2D eigenvalue weighted by molar-refractivity contribution is 0.319. The molecule has 0 atom stereocenters. The molecule has 2 aromatic carbocycles. The smallest absolute Gasteiger partial charge is 0.207 e. The van der Waals surface area contributed by atoms with Crippen LogP contribution in [0.5, 0.6) is 0 Å². The van der Waals surface area contributed by atoms with Gasteiger partial charge in [-0.1, -0.05) is 48.0 Å². The fourth-order valence-electron chi connectivity index (χ4n) is 3.25. The summed E-state index contributed by atoms with van der Waals surface area (Å²) in [4.78, 5) is 0.205. The lowest BCUT2D eigenvalue weighted by Gasteiger charge is -2.32. The second kappa shape index (κ2) is 6.63. The van der Waals surface area contributed by atoms with Crippen LogP contribution >= 0.6 is 11.6 Å². The maximum Gasteiger partial charge on any atom is 0.244 e. The van der Waals surface area contributed by atoms with E-state index >= 15 is 0 Å². The molecule has 1 aliphatic heterocycles. The van der Waals surface area contributed by atoms with Crippen molar-refractivity contribution in [1.82, 2.24) is 4.31 Å². The first kappa shape index (κ1) is 16.5. The number of aryl methyl sites for hydroxylation is 1. The molecule has 0 amide bonds. The Bertz CT molecular complexity index is 796. The molecule has 1 saturated heterocycles. The van der Waals surface area contributed by atoms with E-state index in [0.29, 0.717) is 19.0 Å². The van der Waals surface area contributed by atoms with Crippen molar-refractivity contribution in [3.8, 4) is 0 Å². The molecule has 3 rings (SSSR count). The number of rotatable bonds is 3. The normalized spacial score (nSPS) is 17.3. The minimum absolute atomic E-state index is 0.205. The highest BCUT2D eigenvalue weighted by atomic mass is 35.5. The van der Waals surface area contributed by atoms with E-state index < -0.39 is 10.0 Å². The van der Waals surface area contributed by atoms with E-state index in [1.54, 1.807) is 28.6 Å². The maximum absolute atomic E-state index is 12.8. The number of benzene rings is 2. The number of hydrogen-bond acceptors (Lipinski definition) is 2. The van der Waals surface area contributed by atoms with E-state index in [1.165, 1.54) is 11.1 Å². The van der Waals surface area contributed by atoms with Gasteiger partial charge in [-0.3, -0.25) is 0 Å². The molecular formula is C18H20ClNO2S. The van der Waals surface area contributed by atoms with E-state index in [2.05, 4.69) is 25.1 Å². The number of sulfonamides is 1. The summed E-state index contributed by atoms with van der Waals surface area (Å²) in [5.74, 6) is 0.425. The van der Waals surface area contributed by atoms with Crippen molar-refractivity contribution in [2.75, 3.05) is 13.1 Å². The molecule has 1 fully saturated rings. The Morgan fingerprint density at radius 1 is 1.00 bits per heavy atom. The lowest BCUT2D eigenvalue weighted by atomic mass is 9.87. The molecule has 122 valence electrons. The van der Waals surface area contributed by atoms with Crippen molar-refractivity contribution in [2.45, 2.75) is 30.6 Å². The quantitative estimate of drug-likeness (QED) is 0.832. The van der Waals surface area contributed by atoms with E-state index in [-0.39, 0.29) is 9.92 Å². The topological polar surface area (TPSA) is 37.4 Å². The lowest BCUT2D eigenvalue weighted by Crippen LogP contribution is -2.38. The Hall–Kier alpha value is -1.36. The number of halogens is 1. The zero-order valence-corrected chi connectivity index (χ0v) is 14.6. The highest BCUT2D eigenvalue weighted by Gasteiger charge is 2.31. The van der Waals surface area contributed by atoms with Gasteiger partial charge in [-0.2, -0.15) is 4.31 Å². The second-order valence-corrected chi connectivity index (χ2v) is 8.28. The zero-order chi connectivity index (χ0) is 16.4. The van der Waals surface area contributed by atoms with Crippen LogP contribution in [0.2, 0.25) is 5.02 Å². The Morgan fingerprint density at radius 3 is 2.26 bits per heavy atom. The number of hydrogen-bond donors (Lipinski definition) is 0. The Labute approximate surface area is 142 Å². The Morgan fingerprint density at radius 2 is 1.61 bits per heavy atom. The van der Waals surface area contributed by atoms with Crippen LogP contribution in [0, 0.1) is 6.92 Å². The van der Waals surface area contributed by atoms with Crippen molar-refractivity contribution in [3.05, 3.63) is 64.7 Å². The van der Waals surface area contributed by atoms with Crippen molar-refractivity contribution in [3.63, 3.8) is 0 Å². The van der Waals surface area contributed by atoms with Gasteiger partial charge in [0.05, 0.1) is 5.02 Å². The first-order valence-corrected chi connectivity index (χ1v) is 9.62. The van der Waals surface area contributed by atoms with E-state index in [1.807, 2.05) is 6.07 Å². The minimum atomic E-state index is -3.51. The van der Waals surface area contributed by atoms with E-state index in [9.17, 15) is 8.42 Å². The minimum Gasteiger partial charge on any atom is -0.207 e. The second-order valence-electron chi connectivity index (χ2n) is 5.97. The average Bonchev–Trinajstić information content (AvgIpc) is 2.56. The molecule has 3 nitrogen and oxygen atoms in total.